The van der Waals surface area contributed by atoms with Crippen LogP contribution in [0, 0.1) is 5.41 Å². The second-order valence-electron chi connectivity index (χ2n) is 10.8. The zero-order chi connectivity index (χ0) is 24.5. The summed E-state index contributed by atoms with van der Waals surface area (Å²) in [5.41, 5.74) is 0.191. The molecule has 0 saturated carbocycles. The zero-order valence-corrected chi connectivity index (χ0v) is 20.6. The van der Waals surface area contributed by atoms with E-state index in [0.717, 1.165) is 44.7 Å². The van der Waals surface area contributed by atoms with Gasteiger partial charge in [0.15, 0.2) is 0 Å². The van der Waals surface area contributed by atoms with E-state index in [0.29, 0.717) is 38.2 Å². The Morgan fingerprint density at radius 3 is 2.60 bits per heavy atom. The Morgan fingerprint density at radius 2 is 1.91 bits per heavy atom. The van der Waals surface area contributed by atoms with Crippen molar-refractivity contribution in [2.45, 2.75) is 57.1 Å². The summed E-state index contributed by atoms with van der Waals surface area (Å²) in [6, 6.07) is 11.6. The molecule has 3 fully saturated rings. The van der Waals surface area contributed by atoms with Crippen molar-refractivity contribution in [3.63, 3.8) is 0 Å². The molecule has 2 unspecified atom stereocenters. The van der Waals surface area contributed by atoms with Gasteiger partial charge < -0.3 is 19.6 Å². The Morgan fingerprint density at radius 1 is 1.14 bits per heavy atom. The second kappa shape index (κ2) is 9.74. The molecule has 5 rings (SSSR count). The molecule has 1 N–H and O–H groups in total. The molecule has 188 valence electrons. The number of rotatable bonds is 6. The maximum atomic E-state index is 12.8. The summed E-state index contributed by atoms with van der Waals surface area (Å²) in [6.45, 7) is 6.62. The number of benzene rings is 1. The minimum atomic E-state index is -1.02. The number of carbonyl (C=O) groups is 1. The van der Waals surface area contributed by atoms with Gasteiger partial charge in [0.2, 0.25) is 5.91 Å². The summed E-state index contributed by atoms with van der Waals surface area (Å²) >= 11 is 0. The second-order valence-corrected chi connectivity index (χ2v) is 10.8. The number of hydrogen-bond donors (Lipinski definition) is 1. The zero-order valence-electron chi connectivity index (χ0n) is 20.6. The third-order valence-corrected chi connectivity index (χ3v) is 8.17. The number of amides is 1. The molecule has 3 saturated heterocycles. The minimum Gasteiger partial charge on any atom is -0.388 e. The Labute approximate surface area is 206 Å². The predicted octanol–water partition coefficient (Wildman–Crippen LogP) is 2.41. The SMILES string of the molecule is CC(CC(=O)N1CCC(O)(Cn2cnc(N3CCC4(CCOC4)C3)cc2=O)CC1)c1ccccc1. The molecule has 0 aliphatic carbocycles. The topological polar surface area (TPSA) is 87.9 Å². The van der Waals surface area contributed by atoms with Gasteiger partial charge in [0.25, 0.3) is 5.56 Å². The van der Waals surface area contributed by atoms with Gasteiger partial charge in [-0.1, -0.05) is 37.3 Å². The summed E-state index contributed by atoms with van der Waals surface area (Å²) in [6.07, 6.45) is 5.04. The first-order valence-corrected chi connectivity index (χ1v) is 12.8. The first-order chi connectivity index (χ1) is 16.8. The van der Waals surface area contributed by atoms with Gasteiger partial charge >= 0.3 is 0 Å². The molecule has 1 spiro atoms. The van der Waals surface area contributed by atoms with E-state index in [4.69, 9.17) is 4.74 Å². The lowest BCUT2D eigenvalue weighted by Crippen LogP contribution is -2.49. The van der Waals surface area contributed by atoms with Gasteiger partial charge in [0.05, 0.1) is 25.1 Å². The maximum absolute atomic E-state index is 12.8. The van der Waals surface area contributed by atoms with Gasteiger partial charge in [-0.2, -0.15) is 0 Å². The van der Waals surface area contributed by atoms with E-state index in [1.807, 2.05) is 23.1 Å². The van der Waals surface area contributed by atoms with Gasteiger partial charge in [-0.05, 0) is 37.2 Å². The molecule has 2 atom stereocenters. The summed E-state index contributed by atoms with van der Waals surface area (Å²) in [5.74, 6) is 0.969. The van der Waals surface area contributed by atoms with Crippen LogP contribution in [0.5, 0.6) is 0 Å². The van der Waals surface area contributed by atoms with Crippen molar-refractivity contribution in [3.8, 4) is 0 Å². The molecule has 4 heterocycles. The first-order valence-electron chi connectivity index (χ1n) is 12.8. The van der Waals surface area contributed by atoms with Crippen LogP contribution < -0.4 is 10.5 Å². The van der Waals surface area contributed by atoms with Crippen molar-refractivity contribution in [3.05, 3.63) is 58.6 Å². The van der Waals surface area contributed by atoms with Crippen LogP contribution in [0.25, 0.3) is 0 Å². The van der Waals surface area contributed by atoms with Gasteiger partial charge in [-0.3, -0.25) is 14.2 Å². The number of aliphatic hydroxyl groups is 1. The van der Waals surface area contributed by atoms with Crippen molar-refractivity contribution in [1.82, 2.24) is 14.5 Å². The number of hydrogen-bond acceptors (Lipinski definition) is 6. The van der Waals surface area contributed by atoms with E-state index in [1.54, 1.807) is 12.4 Å². The third kappa shape index (κ3) is 5.28. The minimum absolute atomic E-state index is 0.114. The summed E-state index contributed by atoms with van der Waals surface area (Å²) in [7, 11) is 0. The van der Waals surface area contributed by atoms with Crippen LogP contribution in [-0.4, -0.2) is 70.5 Å². The Bertz CT molecular complexity index is 1090. The standard InChI is InChI=1S/C27H36N4O4/c1-21(22-5-3-2-4-6-22)15-24(32)29-12-8-27(34,9-13-29)18-31-20-28-23(16-25(31)33)30-11-7-26(17-30)10-14-35-19-26/h2-6,16,20-21,34H,7-15,17-19H2,1H3. The lowest BCUT2D eigenvalue weighted by atomic mass is 9.87. The molecule has 2 aromatic rings. The quantitative estimate of drug-likeness (QED) is 0.683. The molecule has 8 nitrogen and oxygen atoms in total. The number of ether oxygens (including phenoxy) is 1. The number of nitrogens with zero attached hydrogens (tertiary/aromatic N) is 4. The number of carbonyl (C=O) groups excluding carboxylic acids is 1. The molecule has 1 aromatic heterocycles. The fraction of sp³-hybridized carbons (Fsp3) is 0.593. The molecule has 35 heavy (non-hydrogen) atoms. The van der Waals surface area contributed by atoms with Crippen LogP contribution in [0.1, 0.15) is 50.5 Å². The molecule has 0 radical (unpaired) electrons. The normalized spacial score (nSPS) is 24.7. The molecular weight excluding hydrogens is 444 g/mol. The molecule has 3 aliphatic heterocycles. The van der Waals surface area contributed by atoms with E-state index in [-0.39, 0.29) is 29.3 Å². The van der Waals surface area contributed by atoms with Gasteiger partial charge in [0, 0.05) is 50.7 Å². The summed E-state index contributed by atoms with van der Waals surface area (Å²) in [4.78, 5) is 34.2. The van der Waals surface area contributed by atoms with Crippen LogP contribution in [0.4, 0.5) is 5.82 Å². The number of anilines is 1. The predicted molar refractivity (Wildman–Crippen MR) is 133 cm³/mol. The van der Waals surface area contributed by atoms with Crippen molar-refractivity contribution < 1.29 is 14.6 Å². The molecule has 1 aromatic carbocycles. The van der Waals surface area contributed by atoms with E-state index in [1.165, 1.54) is 4.57 Å². The molecule has 0 bridgehead atoms. The third-order valence-electron chi connectivity index (χ3n) is 8.17. The van der Waals surface area contributed by atoms with E-state index < -0.39 is 5.60 Å². The molecule has 3 aliphatic rings. The monoisotopic (exact) mass is 480 g/mol. The van der Waals surface area contributed by atoms with Gasteiger partial charge in [-0.15, -0.1) is 0 Å². The fourth-order valence-electron chi connectivity index (χ4n) is 5.75. The number of piperidine rings is 1. The van der Waals surface area contributed by atoms with E-state index in [2.05, 4.69) is 28.9 Å². The van der Waals surface area contributed by atoms with Crippen LogP contribution in [-0.2, 0) is 16.1 Å². The van der Waals surface area contributed by atoms with Gasteiger partial charge in [-0.25, -0.2) is 4.98 Å². The van der Waals surface area contributed by atoms with Crippen LogP contribution in [0.3, 0.4) is 0 Å². The highest BCUT2D eigenvalue weighted by atomic mass is 16.5. The fourth-order valence-corrected chi connectivity index (χ4v) is 5.75. The van der Waals surface area contributed by atoms with E-state index in [9.17, 15) is 14.7 Å². The van der Waals surface area contributed by atoms with Crippen LogP contribution in [0.2, 0.25) is 0 Å². The number of likely N-dealkylation sites (tertiary alicyclic amines) is 1. The van der Waals surface area contributed by atoms with Crippen LogP contribution in [0.15, 0.2) is 47.5 Å². The number of aromatic nitrogens is 2. The summed E-state index contributed by atoms with van der Waals surface area (Å²) < 4.78 is 7.10. The first kappa shape index (κ1) is 24.0. The Balaban J connectivity index is 1.15. The van der Waals surface area contributed by atoms with Crippen molar-refractivity contribution in [2.75, 3.05) is 44.3 Å². The maximum Gasteiger partial charge on any atom is 0.255 e. The lowest BCUT2D eigenvalue weighted by Gasteiger charge is -2.38. The largest absolute Gasteiger partial charge is 0.388 e. The average Bonchev–Trinajstić information content (AvgIpc) is 3.51. The Kier molecular flexibility index (Phi) is 6.68. The highest BCUT2D eigenvalue weighted by Gasteiger charge is 2.42. The highest BCUT2D eigenvalue weighted by Crippen LogP contribution is 2.39. The van der Waals surface area contributed by atoms with Crippen molar-refractivity contribution >= 4 is 11.7 Å². The van der Waals surface area contributed by atoms with Crippen molar-refractivity contribution in [2.24, 2.45) is 5.41 Å². The molecular formula is C27H36N4O4. The highest BCUT2D eigenvalue weighted by molar-refractivity contribution is 5.77. The molecule has 1 amide bonds. The van der Waals surface area contributed by atoms with Gasteiger partial charge in [0.1, 0.15) is 5.82 Å². The Hall–Kier alpha value is -2.71. The van der Waals surface area contributed by atoms with Crippen molar-refractivity contribution in [1.29, 1.82) is 0 Å². The summed E-state index contributed by atoms with van der Waals surface area (Å²) in [5, 5.41) is 11.2. The average molecular weight is 481 g/mol. The lowest BCUT2D eigenvalue weighted by molar-refractivity contribution is -0.136. The molecule has 8 heteroatoms. The van der Waals surface area contributed by atoms with Crippen LogP contribution >= 0.6 is 0 Å². The smallest absolute Gasteiger partial charge is 0.255 e. The van der Waals surface area contributed by atoms with E-state index >= 15 is 0 Å².